The lowest BCUT2D eigenvalue weighted by atomic mass is 9.79. The van der Waals surface area contributed by atoms with E-state index < -0.39 is 24.1 Å². The van der Waals surface area contributed by atoms with E-state index in [4.69, 9.17) is 0 Å². The second kappa shape index (κ2) is 7.36. The average molecular weight is 302 g/mol. The fourth-order valence-electron chi connectivity index (χ4n) is 2.32. The van der Waals surface area contributed by atoms with Gasteiger partial charge in [0.25, 0.3) is 0 Å². The maximum absolute atomic E-state index is 12.4. The fraction of sp³-hybridized carbons (Fsp3) is 0.533. The molecule has 2 N–H and O–H groups in total. The summed E-state index contributed by atoms with van der Waals surface area (Å²) in [5.41, 5.74) is -1.75. The number of carbonyl (C=O) groups is 1. The van der Waals surface area contributed by atoms with Gasteiger partial charge in [-0.1, -0.05) is 38.0 Å². The molecule has 4 nitrogen and oxygen atoms in total. The molecule has 0 bridgehead atoms. The molecule has 21 heavy (non-hydrogen) atoms. The van der Waals surface area contributed by atoms with E-state index in [1.54, 1.807) is 6.07 Å². The molecule has 0 fully saturated rings. The summed E-state index contributed by atoms with van der Waals surface area (Å²) in [6, 6.07) is 5.72. The van der Waals surface area contributed by atoms with Crippen LogP contribution in [0, 0.1) is 5.92 Å². The van der Waals surface area contributed by atoms with E-state index in [-0.39, 0.29) is 17.7 Å². The van der Waals surface area contributed by atoms with Gasteiger partial charge in [0.15, 0.2) is 0 Å². The Kier molecular flexibility index (Phi) is 6.08. The molecule has 0 aliphatic rings. The topological polar surface area (TPSA) is 66.8 Å². The van der Waals surface area contributed by atoms with Crippen LogP contribution in [0.4, 0.5) is 8.78 Å². The molecule has 1 aromatic carbocycles. The molecular weight excluding hydrogens is 282 g/mol. The molecule has 0 spiro atoms. The van der Waals surface area contributed by atoms with Crippen LogP contribution >= 0.6 is 0 Å². The Balaban J connectivity index is 3.17. The van der Waals surface area contributed by atoms with Gasteiger partial charge in [0.05, 0.1) is 5.92 Å². The zero-order valence-corrected chi connectivity index (χ0v) is 12.1. The number of unbranched alkanes of at least 4 members (excludes halogenated alkanes) is 1. The number of alkyl halides is 2. The first kappa shape index (κ1) is 17.4. The molecule has 0 heterocycles. The van der Waals surface area contributed by atoms with E-state index in [1.165, 1.54) is 25.1 Å². The second-order valence-corrected chi connectivity index (χ2v) is 5.06. The second-order valence-electron chi connectivity index (χ2n) is 5.06. The Morgan fingerprint density at radius 2 is 2.00 bits per heavy atom. The number of rotatable bonds is 8. The number of aliphatic hydroxyl groups is 1. The number of hydrogen-bond donors (Lipinski definition) is 2. The summed E-state index contributed by atoms with van der Waals surface area (Å²) in [4.78, 5) is 11.4. The van der Waals surface area contributed by atoms with Gasteiger partial charge < -0.3 is 14.9 Å². The molecule has 1 rings (SSSR count). The molecule has 6 heteroatoms. The Bertz CT molecular complexity index is 474. The van der Waals surface area contributed by atoms with E-state index in [0.29, 0.717) is 6.42 Å². The van der Waals surface area contributed by atoms with Crippen molar-refractivity contribution in [3.63, 3.8) is 0 Å². The summed E-state index contributed by atoms with van der Waals surface area (Å²) in [6.07, 6.45) is 1.64. The average Bonchev–Trinajstić information content (AvgIpc) is 2.38. The number of aliphatic carboxylic acids is 1. The highest BCUT2D eigenvalue weighted by Crippen LogP contribution is 2.38. The maximum Gasteiger partial charge on any atom is 0.387 e. The molecule has 118 valence electrons. The van der Waals surface area contributed by atoms with Crippen LogP contribution in [0.1, 0.15) is 38.7 Å². The minimum absolute atomic E-state index is 0.0498. The molecular formula is C15H20F2O4. The number of halogens is 2. The summed E-state index contributed by atoms with van der Waals surface area (Å²) >= 11 is 0. The van der Waals surface area contributed by atoms with Crippen molar-refractivity contribution in [3.8, 4) is 5.75 Å². The van der Waals surface area contributed by atoms with Gasteiger partial charge in [-0.05, 0) is 19.4 Å². The third kappa shape index (κ3) is 4.39. The van der Waals surface area contributed by atoms with Gasteiger partial charge in [0.1, 0.15) is 11.4 Å². The summed E-state index contributed by atoms with van der Waals surface area (Å²) in [6.45, 7) is 0.178. The highest BCUT2D eigenvalue weighted by molar-refractivity contribution is 5.72. The van der Waals surface area contributed by atoms with Crippen molar-refractivity contribution in [1.82, 2.24) is 0 Å². The van der Waals surface area contributed by atoms with E-state index >= 15 is 0 Å². The predicted molar refractivity (Wildman–Crippen MR) is 73.3 cm³/mol. The van der Waals surface area contributed by atoms with Crippen molar-refractivity contribution in [2.24, 2.45) is 5.92 Å². The minimum Gasteiger partial charge on any atom is -0.481 e. The largest absolute Gasteiger partial charge is 0.481 e. The van der Waals surface area contributed by atoms with E-state index in [0.717, 1.165) is 6.42 Å². The van der Waals surface area contributed by atoms with Crippen molar-refractivity contribution in [1.29, 1.82) is 0 Å². The summed E-state index contributed by atoms with van der Waals surface area (Å²) in [5.74, 6) is -2.47. The lowest BCUT2D eigenvalue weighted by Gasteiger charge is -2.31. The van der Waals surface area contributed by atoms with Crippen molar-refractivity contribution in [3.05, 3.63) is 29.8 Å². The third-order valence-corrected chi connectivity index (χ3v) is 3.47. The molecule has 0 amide bonds. The molecule has 0 radical (unpaired) electrons. The van der Waals surface area contributed by atoms with Crippen LogP contribution < -0.4 is 4.74 Å². The van der Waals surface area contributed by atoms with Crippen molar-refractivity contribution in [2.75, 3.05) is 0 Å². The first-order chi connectivity index (χ1) is 9.80. The van der Waals surface area contributed by atoms with Gasteiger partial charge in [0.2, 0.25) is 0 Å². The van der Waals surface area contributed by atoms with Crippen LogP contribution in [0.25, 0.3) is 0 Å². The number of carboxylic acids is 1. The highest BCUT2D eigenvalue weighted by atomic mass is 19.3. The molecule has 2 unspecified atom stereocenters. The van der Waals surface area contributed by atoms with Crippen LogP contribution in [-0.2, 0) is 10.4 Å². The van der Waals surface area contributed by atoms with Crippen LogP contribution in [-0.4, -0.2) is 22.8 Å². The lowest BCUT2D eigenvalue weighted by Crippen LogP contribution is -2.37. The smallest absolute Gasteiger partial charge is 0.387 e. The highest BCUT2D eigenvalue weighted by Gasteiger charge is 2.40. The maximum atomic E-state index is 12.4. The Labute approximate surface area is 122 Å². The number of ether oxygens (including phenoxy) is 1. The zero-order chi connectivity index (χ0) is 16.0. The molecule has 0 saturated carbocycles. The quantitative estimate of drug-likeness (QED) is 0.772. The molecule has 0 aromatic heterocycles. The normalized spacial score (nSPS) is 15.5. The van der Waals surface area contributed by atoms with Crippen LogP contribution in [0.3, 0.4) is 0 Å². The molecule has 0 aliphatic carbocycles. The lowest BCUT2D eigenvalue weighted by molar-refractivity contribution is -0.152. The van der Waals surface area contributed by atoms with Crippen LogP contribution in [0.5, 0.6) is 5.75 Å². The molecule has 1 aromatic rings. The van der Waals surface area contributed by atoms with Gasteiger partial charge in [-0.25, -0.2) is 0 Å². The minimum atomic E-state index is -3.04. The number of para-hydroxylation sites is 1. The van der Waals surface area contributed by atoms with Crippen LogP contribution in [0.2, 0.25) is 0 Å². The van der Waals surface area contributed by atoms with Crippen molar-refractivity contribution < 1.29 is 28.5 Å². The Morgan fingerprint density at radius 1 is 1.38 bits per heavy atom. The van der Waals surface area contributed by atoms with Gasteiger partial charge in [-0.3, -0.25) is 4.79 Å². The summed E-state index contributed by atoms with van der Waals surface area (Å²) in [7, 11) is 0. The van der Waals surface area contributed by atoms with E-state index in [2.05, 4.69) is 4.74 Å². The Morgan fingerprint density at radius 3 is 2.52 bits per heavy atom. The van der Waals surface area contributed by atoms with Crippen LogP contribution in [0.15, 0.2) is 24.3 Å². The summed E-state index contributed by atoms with van der Waals surface area (Å²) in [5, 5.41) is 20.0. The van der Waals surface area contributed by atoms with E-state index in [1.807, 2.05) is 6.92 Å². The standard InChI is InChI=1S/C15H20F2O4/c1-3-4-7-11(13(18)19)15(2,20)10-8-5-6-9-12(10)21-14(16)17/h5-6,8-9,11,14,20H,3-4,7H2,1-2H3,(H,18,19). The van der Waals surface area contributed by atoms with Gasteiger partial charge in [-0.15, -0.1) is 0 Å². The summed E-state index contributed by atoms with van der Waals surface area (Å²) < 4.78 is 29.2. The first-order valence-electron chi connectivity index (χ1n) is 6.80. The molecule has 0 saturated heterocycles. The Hall–Kier alpha value is -1.69. The van der Waals surface area contributed by atoms with Gasteiger partial charge in [-0.2, -0.15) is 8.78 Å². The zero-order valence-electron chi connectivity index (χ0n) is 12.1. The number of carboxylic acid groups (broad SMARTS) is 1. The number of benzene rings is 1. The predicted octanol–water partition coefficient (Wildman–Crippen LogP) is 3.39. The third-order valence-electron chi connectivity index (χ3n) is 3.47. The number of hydrogen-bond acceptors (Lipinski definition) is 3. The van der Waals surface area contributed by atoms with Gasteiger partial charge in [0, 0.05) is 5.56 Å². The first-order valence-corrected chi connectivity index (χ1v) is 6.80. The monoisotopic (exact) mass is 302 g/mol. The van der Waals surface area contributed by atoms with Gasteiger partial charge >= 0.3 is 12.6 Å². The fourth-order valence-corrected chi connectivity index (χ4v) is 2.32. The SMILES string of the molecule is CCCCC(C(=O)O)C(C)(O)c1ccccc1OC(F)F. The van der Waals surface area contributed by atoms with E-state index in [9.17, 15) is 23.8 Å². The van der Waals surface area contributed by atoms with Crippen molar-refractivity contribution in [2.45, 2.75) is 45.3 Å². The molecule has 0 aliphatic heterocycles. The molecule has 2 atom stereocenters. The van der Waals surface area contributed by atoms with Crippen molar-refractivity contribution >= 4 is 5.97 Å².